The molecule has 1 amide bonds. The molecule has 0 saturated carbocycles. The molecular formula is C11H12Cl3NO4S2. The van der Waals surface area contributed by atoms with Crippen LogP contribution in [0.4, 0.5) is 0 Å². The summed E-state index contributed by atoms with van der Waals surface area (Å²) in [6.07, 6.45) is 0. The minimum Gasteiger partial charge on any atom is -0.351 e. The molecule has 1 atom stereocenters. The van der Waals surface area contributed by atoms with Crippen molar-refractivity contribution in [2.45, 2.75) is 11.8 Å². The van der Waals surface area contributed by atoms with E-state index in [1.54, 1.807) is 6.92 Å². The number of amides is 1. The van der Waals surface area contributed by atoms with E-state index < -0.39 is 30.7 Å². The topological polar surface area (TPSA) is 80.3 Å². The van der Waals surface area contributed by atoms with Gasteiger partial charge in [0.1, 0.15) is 4.90 Å². The van der Waals surface area contributed by atoms with E-state index >= 15 is 0 Å². The van der Waals surface area contributed by atoms with Gasteiger partial charge in [-0.15, -0.1) is 0 Å². The Morgan fingerprint density at radius 1 is 1.33 bits per heavy atom. The lowest BCUT2D eigenvalue weighted by molar-refractivity contribution is 0.0956. The van der Waals surface area contributed by atoms with Gasteiger partial charge in [-0.2, -0.15) is 0 Å². The van der Waals surface area contributed by atoms with Gasteiger partial charge in [-0.1, -0.05) is 30.1 Å². The molecule has 0 saturated heterocycles. The Morgan fingerprint density at radius 2 is 1.95 bits per heavy atom. The lowest BCUT2D eigenvalue weighted by Gasteiger charge is -2.08. The summed E-state index contributed by atoms with van der Waals surface area (Å²) in [5.41, 5.74) is 0.00547. The summed E-state index contributed by atoms with van der Waals surface area (Å²) in [5.74, 6) is 0.254. The number of nitrogens with one attached hydrogen (secondary N) is 1. The SMILES string of the molecule is CCS(=O)CCNC(=O)c1cc(Cl)c(Cl)c(S(=O)(=O)Cl)c1. The van der Waals surface area contributed by atoms with Gasteiger partial charge >= 0.3 is 0 Å². The zero-order chi connectivity index (χ0) is 16.2. The van der Waals surface area contributed by atoms with Crippen LogP contribution in [0.2, 0.25) is 10.0 Å². The Morgan fingerprint density at radius 3 is 2.48 bits per heavy atom. The number of benzene rings is 1. The standard InChI is InChI=1S/C11H12Cl3NO4S2/c1-2-20(17)4-3-15-11(16)7-5-8(12)10(13)9(6-7)21(14,18)19/h5-6H,2-4H2,1H3,(H,15,16). The Bertz CT molecular complexity index is 676. The second-order valence-electron chi connectivity index (χ2n) is 3.90. The Balaban J connectivity index is 2.96. The van der Waals surface area contributed by atoms with E-state index in [4.69, 9.17) is 33.9 Å². The second-order valence-corrected chi connectivity index (χ2v) is 9.08. The normalized spacial score (nSPS) is 13.0. The molecule has 5 nitrogen and oxygen atoms in total. The van der Waals surface area contributed by atoms with Gasteiger partial charge in [-0.3, -0.25) is 9.00 Å². The van der Waals surface area contributed by atoms with Gasteiger partial charge in [0.05, 0.1) is 10.0 Å². The van der Waals surface area contributed by atoms with Crippen molar-refractivity contribution < 1.29 is 17.4 Å². The highest BCUT2D eigenvalue weighted by Gasteiger charge is 2.20. The van der Waals surface area contributed by atoms with Crippen molar-refractivity contribution in [1.29, 1.82) is 0 Å². The van der Waals surface area contributed by atoms with E-state index in [1.807, 2.05) is 0 Å². The van der Waals surface area contributed by atoms with E-state index in [9.17, 15) is 17.4 Å². The number of hydrogen-bond donors (Lipinski definition) is 1. The van der Waals surface area contributed by atoms with Gasteiger partial charge in [0.15, 0.2) is 0 Å². The molecule has 0 aliphatic rings. The fourth-order valence-corrected chi connectivity index (χ4v) is 3.78. The highest BCUT2D eigenvalue weighted by Crippen LogP contribution is 2.32. The van der Waals surface area contributed by atoms with E-state index in [2.05, 4.69) is 5.32 Å². The highest BCUT2D eigenvalue weighted by molar-refractivity contribution is 8.13. The molecule has 1 rings (SSSR count). The van der Waals surface area contributed by atoms with Gasteiger partial charge in [0, 0.05) is 45.1 Å². The molecule has 0 bridgehead atoms. The molecule has 0 aliphatic carbocycles. The van der Waals surface area contributed by atoms with E-state index in [0.717, 1.165) is 6.07 Å². The fourth-order valence-electron chi connectivity index (χ4n) is 1.40. The third-order valence-electron chi connectivity index (χ3n) is 2.46. The van der Waals surface area contributed by atoms with Crippen LogP contribution in [0.3, 0.4) is 0 Å². The van der Waals surface area contributed by atoms with E-state index in [1.165, 1.54) is 6.07 Å². The first-order valence-corrected chi connectivity index (χ1v) is 10.3. The Hall–Kier alpha value is -0.340. The maximum atomic E-state index is 11.9. The summed E-state index contributed by atoms with van der Waals surface area (Å²) >= 11 is 11.5. The first-order valence-electron chi connectivity index (χ1n) is 5.73. The maximum absolute atomic E-state index is 11.9. The molecule has 0 aromatic heterocycles. The summed E-state index contributed by atoms with van der Waals surface area (Å²) in [6, 6.07) is 2.28. The van der Waals surface area contributed by atoms with Crippen molar-refractivity contribution in [3.63, 3.8) is 0 Å². The van der Waals surface area contributed by atoms with Crippen molar-refractivity contribution >= 4 is 59.6 Å². The molecule has 0 fully saturated rings. The van der Waals surface area contributed by atoms with Crippen LogP contribution in [0.1, 0.15) is 17.3 Å². The van der Waals surface area contributed by atoms with Crippen molar-refractivity contribution in [3.8, 4) is 0 Å². The molecule has 1 unspecified atom stereocenters. The number of carbonyl (C=O) groups excluding carboxylic acids is 1. The Labute approximate surface area is 139 Å². The molecule has 21 heavy (non-hydrogen) atoms. The largest absolute Gasteiger partial charge is 0.351 e. The first kappa shape index (κ1) is 18.7. The molecule has 0 spiro atoms. The number of hydrogen-bond acceptors (Lipinski definition) is 4. The van der Waals surface area contributed by atoms with Gasteiger partial charge in [-0.25, -0.2) is 8.42 Å². The van der Waals surface area contributed by atoms with Gasteiger partial charge < -0.3 is 5.32 Å². The van der Waals surface area contributed by atoms with Crippen molar-refractivity contribution in [2.24, 2.45) is 0 Å². The quantitative estimate of drug-likeness (QED) is 0.754. The Kier molecular flexibility index (Phi) is 6.93. The number of halogens is 3. The molecule has 1 N–H and O–H groups in total. The van der Waals surface area contributed by atoms with Crippen LogP contribution >= 0.6 is 33.9 Å². The van der Waals surface area contributed by atoms with Crippen LogP contribution in [0, 0.1) is 0 Å². The zero-order valence-electron chi connectivity index (χ0n) is 10.9. The molecule has 0 heterocycles. The summed E-state index contributed by atoms with van der Waals surface area (Å²) in [5, 5.41) is 2.18. The van der Waals surface area contributed by atoms with Gasteiger partial charge in [0.25, 0.3) is 15.0 Å². The molecule has 10 heteroatoms. The van der Waals surface area contributed by atoms with E-state index in [-0.39, 0.29) is 22.2 Å². The molecular weight excluding hydrogens is 381 g/mol. The van der Waals surface area contributed by atoms with E-state index in [0.29, 0.717) is 11.5 Å². The summed E-state index contributed by atoms with van der Waals surface area (Å²) < 4.78 is 34.0. The van der Waals surface area contributed by atoms with Crippen LogP contribution in [0.25, 0.3) is 0 Å². The molecule has 0 aliphatic heterocycles. The van der Waals surface area contributed by atoms with Crippen LogP contribution in [0.5, 0.6) is 0 Å². The molecule has 0 radical (unpaired) electrons. The van der Waals surface area contributed by atoms with Crippen LogP contribution in [-0.4, -0.2) is 36.6 Å². The molecule has 118 valence electrons. The van der Waals surface area contributed by atoms with Gasteiger partial charge in [-0.05, 0) is 12.1 Å². The number of carbonyl (C=O) groups is 1. The van der Waals surface area contributed by atoms with Gasteiger partial charge in [0.2, 0.25) is 0 Å². The van der Waals surface area contributed by atoms with Crippen molar-refractivity contribution in [2.75, 3.05) is 18.1 Å². The van der Waals surface area contributed by atoms with Crippen LogP contribution in [-0.2, 0) is 19.9 Å². The average Bonchev–Trinajstić information content (AvgIpc) is 2.39. The summed E-state index contributed by atoms with van der Waals surface area (Å²) in [6.45, 7) is 1.97. The maximum Gasteiger partial charge on any atom is 0.262 e. The predicted octanol–water partition coefficient (Wildman–Crippen LogP) is 2.42. The lowest BCUT2D eigenvalue weighted by Crippen LogP contribution is -2.28. The first-order chi connectivity index (χ1) is 9.66. The zero-order valence-corrected chi connectivity index (χ0v) is 14.8. The minimum atomic E-state index is -4.12. The number of rotatable bonds is 6. The van der Waals surface area contributed by atoms with Crippen molar-refractivity contribution in [1.82, 2.24) is 5.32 Å². The summed E-state index contributed by atoms with van der Waals surface area (Å²) in [4.78, 5) is 11.5. The van der Waals surface area contributed by atoms with Crippen LogP contribution in [0.15, 0.2) is 17.0 Å². The smallest absolute Gasteiger partial charge is 0.262 e. The monoisotopic (exact) mass is 391 g/mol. The third kappa shape index (κ3) is 5.41. The third-order valence-corrected chi connectivity index (χ3v) is 6.02. The predicted molar refractivity (Wildman–Crippen MR) is 85.4 cm³/mol. The fraction of sp³-hybridized carbons (Fsp3) is 0.364. The minimum absolute atomic E-state index is 0.00547. The van der Waals surface area contributed by atoms with Crippen molar-refractivity contribution in [3.05, 3.63) is 27.7 Å². The summed E-state index contributed by atoms with van der Waals surface area (Å²) in [7, 11) is 0.106. The second kappa shape index (κ2) is 7.78. The lowest BCUT2D eigenvalue weighted by atomic mass is 10.2. The highest BCUT2D eigenvalue weighted by atomic mass is 35.7. The molecule has 1 aromatic carbocycles. The van der Waals surface area contributed by atoms with Crippen LogP contribution < -0.4 is 5.32 Å². The molecule has 1 aromatic rings. The average molecular weight is 393 g/mol.